The minimum absolute atomic E-state index is 0.0990. The minimum atomic E-state index is -0.130. The zero-order chi connectivity index (χ0) is 17.1. The van der Waals surface area contributed by atoms with Crippen molar-refractivity contribution < 1.29 is 9.32 Å². The Morgan fingerprint density at radius 3 is 2.83 bits per heavy atom. The Morgan fingerprint density at radius 1 is 1.25 bits per heavy atom. The van der Waals surface area contributed by atoms with Gasteiger partial charge in [-0.2, -0.15) is 4.98 Å². The number of urea groups is 1. The zero-order valence-corrected chi connectivity index (χ0v) is 14.5. The fourth-order valence-corrected chi connectivity index (χ4v) is 3.14. The third-order valence-corrected chi connectivity index (χ3v) is 4.70. The number of hydrogen-bond acceptors (Lipinski definition) is 4. The fraction of sp³-hybridized carbons (Fsp3) is 0.500. The third kappa shape index (κ3) is 3.42. The summed E-state index contributed by atoms with van der Waals surface area (Å²) in [4.78, 5) is 19.1. The van der Waals surface area contributed by atoms with E-state index in [2.05, 4.69) is 15.5 Å². The Hall–Kier alpha value is -2.37. The van der Waals surface area contributed by atoms with Gasteiger partial charge in [0, 0.05) is 19.2 Å². The number of likely N-dealkylation sites (tertiary alicyclic amines) is 1. The molecule has 2 amide bonds. The number of aryl methyl sites for hydroxylation is 2. The maximum Gasteiger partial charge on any atom is 0.322 e. The summed E-state index contributed by atoms with van der Waals surface area (Å²) in [5.74, 6) is 1.13. The van der Waals surface area contributed by atoms with Gasteiger partial charge in [-0.05, 0) is 43.9 Å². The van der Waals surface area contributed by atoms with Crippen molar-refractivity contribution in [2.24, 2.45) is 0 Å². The standard InChI is InChI=1S/C18H24N4O2/c1-12-8-7-9-15(13(12)2)20-18(23)22-11-6-4-5-10-16(22)17-19-14(3)24-21-17/h7-9,16H,4-6,10-11H2,1-3H3,(H,20,23)/t16-/m0/s1. The predicted octanol–water partition coefficient (Wildman–Crippen LogP) is 4.14. The number of carbonyl (C=O) groups is 1. The van der Waals surface area contributed by atoms with Gasteiger partial charge in [-0.1, -0.05) is 30.1 Å². The first-order chi connectivity index (χ1) is 11.6. The quantitative estimate of drug-likeness (QED) is 0.899. The minimum Gasteiger partial charge on any atom is -0.340 e. The summed E-state index contributed by atoms with van der Waals surface area (Å²) in [6.45, 7) is 6.54. The fourth-order valence-electron chi connectivity index (χ4n) is 3.14. The van der Waals surface area contributed by atoms with Gasteiger partial charge < -0.3 is 14.7 Å². The van der Waals surface area contributed by atoms with Crippen LogP contribution in [0.15, 0.2) is 22.7 Å². The SMILES string of the molecule is Cc1nc([C@@H]2CCCCCN2C(=O)Nc2cccc(C)c2C)no1. The molecule has 0 saturated carbocycles. The molecular formula is C18H24N4O2. The second-order valence-corrected chi connectivity index (χ2v) is 6.41. The molecule has 1 atom stereocenters. The van der Waals surface area contributed by atoms with E-state index in [0.717, 1.165) is 42.5 Å². The van der Waals surface area contributed by atoms with Gasteiger partial charge in [0.2, 0.25) is 5.89 Å². The van der Waals surface area contributed by atoms with Crippen LogP contribution in [0.3, 0.4) is 0 Å². The Labute approximate surface area is 142 Å². The molecule has 1 aliphatic rings. The van der Waals surface area contributed by atoms with Crippen LogP contribution < -0.4 is 5.32 Å². The maximum atomic E-state index is 12.9. The average molecular weight is 328 g/mol. The molecule has 24 heavy (non-hydrogen) atoms. The molecule has 0 bridgehead atoms. The molecular weight excluding hydrogens is 304 g/mol. The van der Waals surface area contributed by atoms with Gasteiger partial charge >= 0.3 is 6.03 Å². The van der Waals surface area contributed by atoms with Crippen molar-refractivity contribution in [2.75, 3.05) is 11.9 Å². The van der Waals surface area contributed by atoms with E-state index in [1.165, 1.54) is 0 Å². The number of nitrogens with one attached hydrogen (secondary N) is 1. The Kier molecular flexibility index (Phi) is 4.83. The molecule has 2 aromatic rings. The van der Waals surface area contributed by atoms with Crippen molar-refractivity contribution in [3.05, 3.63) is 41.0 Å². The van der Waals surface area contributed by atoms with E-state index in [-0.39, 0.29) is 12.1 Å². The predicted molar refractivity (Wildman–Crippen MR) is 91.9 cm³/mol. The monoisotopic (exact) mass is 328 g/mol. The molecule has 6 nitrogen and oxygen atoms in total. The highest BCUT2D eigenvalue weighted by molar-refractivity contribution is 5.90. The topological polar surface area (TPSA) is 71.3 Å². The first kappa shape index (κ1) is 16.5. The van der Waals surface area contributed by atoms with E-state index < -0.39 is 0 Å². The summed E-state index contributed by atoms with van der Waals surface area (Å²) in [7, 11) is 0. The summed E-state index contributed by atoms with van der Waals surface area (Å²) < 4.78 is 5.12. The van der Waals surface area contributed by atoms with Crippen molar-refractivity contribution in [3.63, 3.8) is 0 Å². The Morgan fingerprint density at radius 2 is 2.08 bits per heavy atom. The normalized spacial score (nSPS) is 18.3. The van der Waals surface area contributed by atoms with Crippen molar-refractivity contribution in [1.29, 1.82) is 0 Å². The molecule has 1 N–H and O–H groups in total. The zero-order valence-electron chi connectivity index (χ0n) is 14.5. The molecule has 0 radical (unpaired) electrons. The number of benzene rings is 1. The number of hydrogen-bond donors (Lipinski definition) is 1. The van der Waals surface area contributed by atoms with E-state index in [1.54, 1.807) is 6.92 Å². The van der Waals surface area contributed by atoms with Crippen molar-refractivity contribution >= 4 is 11.7 Å². The Bertz CT molecular complexity index is 726. The molecule has 0 spiro atoms. The molecule has 1 aliphatic heterocycles. The lowest BCUT2D eigenvalue weighted by Crippen LogP contribution is -2.38. The molecule has 1 saturated heterocycles. The molecule has 1 aromatic heterocycles. The van der Waals surface area contributed by atoms with Crippen LogP contribution in [0, 0.1) is 20.8 Å². The number of aromatic nitrogens is 2. The Balaban J connectivity index is 1.83. The van der Waals surface area contributed by atoms with Gasteiger partial charge in [-0.3, -0.25) is 0 Å². The van der Waals surface area contributed by atoms with Crippen LogP contribution in [0.25, 0.3) is 0 Å². The lowest BCUT2D eigenvalue weighted by atomic mass is 10.1. The van der Waals surface area contributed by atoms with Crippen LogP contribution in [0.4, 0.5) is 10.5 Å². The van der Waals surface area contributed by atoms with Crippen LogP contribution in [-0.4, -0.2) is 27.6 Å². The van der Waals surface area contributed by atoms with Gasteiger partial charge in [0.1, 0.15) is 0 Å². The highest BCUT2D eigenvalue weighted by Crippen LogP contribution is 2.29. The summed E-state index contributed by atoms with van der Waals surface area (Å²) >= 11 is 0. The first-order valence-electron chi connectivity index (χ1n) is 8.50. The van der Waals surface area contributed by atoms with Crippen LogP contribution in [0.2, 0.25) is 0 Å². The van der Waals surface area contributed by atoms with Gasteiger partial charge in [0.25, 0.3) is 0 Å². The molecule has 1 fully saturated rings. The van der Waals surface area contributed by atoms with E-state index in [1.807, 2.05) is 36.9 Å². The van der Waals surface area contributed by atoms with Crippen LogP contribution in [0.1, 0.15) is 54.6 Å². The molecule has 0 aliphatic carbocycles. The highest BCUT2D eigenvalue weighted by Gasteiger charge is 2.30. The lowest BCUT2D eigenvalue weighted by molar-refractivity contribution is 0.184. The molecule has 0 unspecified atom stereocenters. The van der Waals surface area contributed by atoms with Crippen molar-refractivity contribution in [3.8, 4) is 0 Å². The summed E-state index contributed by atoms with van der Waals surface area (Å²) in [5, 5.41) is 7.10. The lowest BCUT2D eigenvalue weighted by Gasteiger charge is -2.28. The van der Waals surface area contributed by atoms with Gasteiger partial charge in [0.15, 0.2) is 5.82 Å². The smallest absolute Gasteiger partial charge is 0.322 e. The largest absolute Gasteiger partial charge is 0.340 e. The maximum absolute atomic E-state index is 12.9. The van der Waals surface area contributed by atoms with Crippen LogP contribution in [0.5, 0.6) is 0 Å². The second kappa shape index (κ2) is 7.03. The third-order valence-electron chi connectivity index (χ3n) is 4.70. The number of carbonyl (C=O) groups excluding carboxylic acids is 1. The van der Waals surface area contributed by atoms with E-state index >= 15 is 0 Å². The van der Waals surface area contributed by atoms with Crippen molar-refractivity contribution in [1.82, 2.24) is 15.0 Å². The van der Waals surface area contributed by atoms with Crippen LogP contribution in [-0.2, 0) is 0 Å². The second-order valence-electron chi connectivity index (χ2n) is 6.41. The van der Waals surface area contributed by atoms with Gasteiger partial charge in [-0.25, -0.2) is 4.79 Å². The van der Waals surface area contributed by atoms with E-state index in [0.29, 0.717) is 18.3 Å². The number of amides is 2. The summed E-state index contributed by atoms with van der Waals surface area (Å²) in [6.07, 6.45) is 4.03. The van der Waals surface area contributed by atoms with Gasteiger partial charge in [0.05, 0.1) is 6.04 Å². The van der Waals surface area contributed by atoms with Crippen molar-refractivity contribution in [2.45, 2.75) is 52.5 Å². The van der Waals surface area contributed by atoms with Crippen LogP contribution >= 0.6 is 0 Å². The number of nitrogens with zero attached hydrogens (tertiary/aromatic N) is 3. The molecule has 1 aromatic carbocycles. The summed E-state index contributed by atoms with van der Waals surface area (Å²) in [5.41, 5.74) is 3.11. The number of anilines is 1. The highest BCUT2D eigenvalue weighted by atomic mass is 16.5. The van der Waals surface area contributed by atoms with Gasteiger partial charge in [-0.15, -0.1) is 0 Å². The molecule has 6 heteroatoms. The van der Waals surface area contributed by atoms with E-state index in [4.69, 9.17) is 4.52 Å². The first-order valence-corrected chi connectivity index (χ1v) is 8.50. The summed E-state index contributed by atoms with van der Waals surface area (Å²) in [6, 6.07) is 5.71. The molecule has 3 rings (SSSR count). The number of rotatable bonds is 2. The average Bonchev–Trinajstić information content (AvgIpc) is 2.84. The molecule has 2 heterocycles. The van der Waals surface area contributed by atoms with E-state index in [9.17, 15) is 4.79 Å². The molecule has 128 valence electrons.